The zero-order valence-corrected chi connectivity index (χ0v) is 26.8. The number of methoxy groups -OCH3 is 1. The number of fused-ring (bicyclic) bond motifs is 1. The maximum atomic E-state index is 14.7. The largest absolute Gasteiger partial charge is 0.453 e. The SMILES string of the molecule is COCCOCCOCCOCCN.O=Cc1ccc(-c2cc3nccc(Oc4ccc(CC(=O)CC5CC5)cc4F)c3s2)nc1. The van der Waals surface area contributed by atoms with E-state index in [0.717, 1.165) is 34.4 Å². The Bertz CT molecular complexity index is 1520. The number of halogens is 1. The van der Waals surface area contributed by atoms with Gasteiger partial charge in [0.25, 0.3) is 0 Å². The Kier molecular flexibility index (Phi) is 14.6. The van der Waals surface area contributed by atoms with E-state index >= 15 is 0 Å². The highest BCUT2D eigenvalue weighted by atomic mass is 32.1. The van der Waals surface area contributed by atoms with Crippen molar-refractivity contribution in [1.82, 2.24) is 9.97 Å². The average molecular weight is 654 g/mol. The van der Waals surface area contributed by atoms with Crippen molar-refractivity contribution in [2.75, 3.05) is 59.9 Å². The average Bonchev–Trinajstić information content (AvgIpc) is 3.77. The standard InChI is InChI=1S/C25H19FN2O3S.C9H21NO4/c26-19-11-16(10-18(30)9-15-1-2-15)4-6-22(19)31-23-7-8-27-21-12-24(32-25(21)23)20-5-3-17(14-29)13-28-20;1-11-4-5-13-8-9-14-7-6-12-3-2-10/h3-8,11-15H,1-2,9-10H2;2-10H2,1H3. The third-order valence-corrected chi connectivity index (χ3v) is 7.98. The van der Waals surface area contributed by atoms with Crippen molar-refractivity contribution in [1.29, 1.82) is 0 Å². The molecule has 0 spiro atoms. The number of thiophene rings is 1. The molecule has 0 atom stereocenters. The molecular weight excluding hydrogens is 613 g/mol. The smallest absolute Gasteiger partial charge is 0.166 e. The van der Waals surface area contributed by atoms with Crippen LogP contribution in [0.15, 0.2) is 54.9 Å². The monoisotopic (exact) mass is 653 g/mol. The first-order chi connectivity index (χ1) is 22.5. The topological polar surface area (TPSA) is 132 Å². The van der Waals surface area contributed by atoms with Gasteiger partial charge < -0.3 is 29.4 Å². The second kappa shape index (κ2) is 19.1. The van der Waals surface area contributed by atoms with E-state index in [1.54, 1.807) is 43.6 Å². The predicted octanol–water partition coefficient (Wildman–Crippen LogP) is 5.66. The maximum Gasteiger partial charge on any atom is 0.166 e. The van der Waals surface area contributed by atoms with Gasteiger partial charge in [-0.05, 0) is 54.7 Å². The van der Waals surface area contributed by atoms with E-state index in [-0.39, 0.29) is 18.0 Å². The summed E-state index contributed by atoms with van der Waals surface area (Å²) in [7, 11) is 1.65. The minimum atomic E-state index is -0.505. The minimum absolute atomic E-state index is 0.0966. The highest BCUT2D eigenvalue weighted by molar-refractivity contribution is 7.22. The number of ketones is 1. The maximum absolute atomic E-state index is 14.7. The van der Waals surface area contributed by atoms with E-state index in [1.165, 1.54) is 23.6 Å². The lowest BCUT2D eigenvalue weighted by molar-refractivity contribution is -0.118. The quantitative estimate of drug-likeness (QED) is 0.1000. The highest BCUT2D eigenvalue weighted by Gasteiger charge is 2.24. The Labute approximate surface area is 272 Å². The fourth-order valence-corrected chi connectivity index (χ4v) is 5.35. The van der Waals surface area contributed by atoms with Crippen molar-refractivity contribution in [3.8, 4) is 22.1 Å². The van der Waals surface area contributed by atoms with E-state index in [9.17, 15) is 14.0 Å². The van der Waals surface area contributed by atoms with Crippen LogP contribution in [0.5, 0.6) is 11.5 Å². The molecule has 0 saturated heterocycles. The molecule has 2 N–H and O–H groups in total. The van der Waals surface area contributed by atoms with E-state index in [2.05, 4.69) is 9.97 Å². The number of carbonyl (C=O) groups excluding carboxylic acids is 2. The van der Waals surface area contributed by atoms with Gasteiger partial charge >= 0.3 is 0 Å². The van der Waals surface area contributed by atoms with Crippen LogP contribution in [-0.2, 0) is 30.2 Å². The summed E-state index contributed by atoms with van der Waals surface area (Å²) in [6.07, 6.45) is 6.96. The molecule has 1 aliphatic rings. The Morgan fingerprint density at radius 1 is 0.957 bits per heavy atom. The van der Waals surface area contributed by atoms with E-state index in [0.29, 0.717) is 87.5 Å². The van der Waals surface area contributed by atoms with Gasteiger partial charge in [0.2, 0.25) is 0 Å². The molecule has 10 nitrogen and oxygen atoms in total. The first-order valence-electron chi connectivity index (χ1n) is 15.2. The summed E-state index contributed by atoms with van der Waals surface area (Å²) in [5, 5.41) is 0. The van der Waals surface area contributed by atoms with Crippen LogP contribution >= 0.6 is 11.3 Å². The van der Waals surface area contributed by atoms with Crippen molar-refractivity contribution in [3.05, 3.63) is 71.8 Å². The van der Waals surface area contributed by atoms with Crippen LogP contribution in [0.3, 0.4) is 0 Å². The molecule has 1 fully saturated rings. The molecule has 3 heterocycles. The van der Waals surface area contributed by atoms with Crippen LogP contribution in [0.25, 0.3) is 20.8 Å². The number of rotatable bonds is 19. The third kappa shape index (κ3) is 11.6. The zero-order chi connectivity index (χ0) is 32.6. The predicted molar refractivity (Wildman–Crippen MR) is 174 cm³/mol. The lowest BCUT2D eigenvalue weighted by Crippen LogP contribution is -2.14. The molecule has 0 radical (unpaired) electrons. The van der Waals surface area contributed by atoms with Crippen molar-refractivity contribution in [3.63, 3.8) is 0 Å². The van der Waals surface area contributed by atoms with Gasteiger partial charge in [-0.25, -0.2) is 4.39 Å². The van der Waals surface area contributed by atoms with Gasteiger partial charge in [0.1, 0.15) is 11.5 Å². The molecule has 3 aromatic heterocycles. The van der Waals surface area contributed by atoms with Crippen molar-refractivity contribution < 1.29 is 37.7 Å². The summed E-state index contributed by atoms with van der Waals surface area (Å²) >= 11 is 1.43. The third-order valence-electron chi connectivity index (χ3n) is 6.82. The number of benzene rings is 1. The molecule has 5 rings (SSSR count). The number of hydrogen-bond acceptors (Lipinski definition) is 11. The van der Waals surface area contributed by atoms with Gasteiger partial charge in [0, 0.05) is 50.5 Å². The number of nitrogens with zero attached hydrogens (tertiary/aromatic N) is 2. The van der Waals surface area contributed by atoms with Gasteiger partial charge in [-0.3, -0.25) is 19.6 Å². The second-order valence-electron chi connectivity index (χ2n) is 10.6. The molecule has 4 aromatic rings. The summed E-state index contributed by atoms with van der Waals surface area (Å²) in [5.41, 5.74) is 7.83. The molecule has 1 saturated carbocycles. The summed E-state index contributed by atoms with van der Waals surface area (Å²) < 4.78 is 41.7. The van der Waals surface area contributed by atoms with Crippen LogP contribution in [-0.4, -0.2) is 81.9 Å². The van der Waals surface area contributed by atoms with Gasteiger partial charge in [0.05, 0.1) is 67.0 Å². The summed E-state index contributed by atoms with van der Waals surface area (Å²) in [4.78, 5) is 32.5. The molecule has 0 amide bonds. The molecule has 12 heteroatoms. The zero-order valence-electron chi connectivity index (χ0n) is 26.0. The van der Waals surface area contributed by atoms with Gasteiger partial charge in [-0.2, -0.15) is 0 Å². The molecule has 46 heavy (non-hydrogen) atoms. The number of ether oxygens (including phenoxy) is 5. The van der Waals surface area contributed by atoms with Gasteiger partial charge in [0.15, 0.2) is 17.9 Å². The molecule has 0 bridgehead atoms. The Balaban J connectivity index is 0.000000292. The number of Topliss-reactive ketones (excluding diaryl/α,β-unsaturated/α-hetero) is 1. The molecule has 0 unspecified atom stereocenters. The molecule has 1 aliphatic carbocycles. The van der Waals surface area contributed by atoms with Crippen LogP contribution in [0.1, 0.15) is 35.2 Å². The molecule has 0 aliphatic heterocycles. The summed E-state index contributed by atoms with van der Waals surface area (Å²) in [6.45, 7) is 4.76. The lowest BCUT2D eigenvalue weighted by atomic mass is 10.0. The minimum Gasteiger partial charge on any atom is -0.453 e. The van der Waals surface area contributed by atoms with E-state index < -0.39 is 5.82 Å². The van der Waals surface area contributed by atoms with Crippen molar-refractivity contribution in [2.45, 2.75) is 25.7 Å². The highest BCUT2D eigenvalue weighted by Crippen LogP contribution is 2.39. The van der Waals surface area contributed by atoms with Crippen LogP contribution in [0, 0.1) is 11.7 Å². The molecular formula is C34H40FN3O7S. The first kappa shape index (κ1) is 35.2. The van der Waals surface area contributed by atoms with Crippen molar-refractivity contribution in [2.24, 2.45) is 11.7 Å². The van der Waals surface area contributed by atoms with Crippen LogP contribution in [0.2, 0.25) is 0 Å². The number of aldehydes is 1. The Hall–Kier alpha value is -3.65. The summed E-state index contributed by atoms with van der Waals surface area (Å²) in [5.74, 6) is 0.760. The Morgan fingerprint density at radius 2 is 1.70 bits per heavy atom. The Morgan fingerprint density at radius 3 is 2.33 bits per heavy atom. The second-order valence-corrected chi connectivity index (χ2v) is 11.6. The lowest BCUT2D eigenvalue weighted by Gasteiger charge is -2.09. The van der Waals surface area contributed by atoms with Gasteiger partial charge in [-0.1, -0.05) is 6.07 Å². The van der Waals surface area contributed by atoms with Crippen LogP contribution < -0.4 is 10.5 Å². The fourth-order valence-electron chi connectivity index (χ4n) is 4.31. The van der Waals surface area contributed by atoms with Crippen molar-refractivity contribution >= 4 is 33.6 Å². The number of carbonyl (C=O) groups is 2. The normalized spacial score (nSPS) is 12.5. The molecule has 1 aromatic carbocycles. The van der Waals surface area contributed by atoms with E-state index in [4.69, 9.17) is 29.4 Å². The summed E-state index contributed by atoms with van der Waals surface area (Å²) in [6, 6.07) is 11.7. The van der Waals surface area contributed by atoms with E-state index in [1.807, 2.05) is 6.07 Å². The molecule has 246 valence electrons. The fraction of sp³-hybridized carbons (Fsp3) is 0.412. The first-order valence-corrected chi connectivity index (χ1v) is 16.0. The van der Waals surface area contributed by atoms with Crippen LogP contribution in [0.4, 0.5) is 4.39 Å². The van der Waals surface area contributed by atoms with Gasteiger partial charge in [-0.15, -0.1) is 11.3 Å². The number of hydrogen-bond donors (Lipinski definition) is 1. The number of aromatic nitrogens is 2. The number of nitrogens with two attached hydrogens (primary N) is 1. The number of pyridine rings is 2.